The van der Waals surface area contributed by atoms with Crippen molar-refractivity contribution in [3.05, 3.63) is 33.8 Å². The third-order valence-corrected chi connectivity index (χ3v) is 5.14. The van der Waals surface area contributed by atoms with Crippen LogP contribution in [0.5, 0.6) is 0 Å². The van der Waals surface area contributed by atoms with Gasteiger partial charge in [0, 0.05) is 36.1 Å². The molecule has 1 aromatic rings. The third-order valence-electron chi connectivity index (χ3n) is 4.64. The second kappa shape index (κ2) is 6.14. The van der Waals surface area contributed by atoms with Gasteiger partial charge in [0.25, 0.3) is 0 Å². The van der Waals surface area contributed by atoms with Crippen molar-refractivity contribution in [2.24, 2.45) is 0 Å². The first-order chi connectivity index (χ1) is 9.70. The number of nitrogens with one attached hydrogen (secondary N) is 1. The highest BCUT2D eigenvalue weighted by Gasteiger charge is 2.41. The van der Waals surface area contributed by atoms with E-state index in [-0.39, 0.29) is 5.41 Å². The Morgan fingerprint density at radius 2 is 2.05 bits per heavy atom. The molecule has 0 radical (unpaired) electrons. The van der Waals surface area contributed by atoms with Crippen LogP contribution in [0.15, 0.2) is 22.7 Å². The van der Waals surface area contributed by atoms with E-state index in [0.29, 0.717) is 0 Å². The maximum atomic E-state index is 5.58. The highest BCUT2D eigenvalue weighted by molar-refractivity contribution is 9.10. The molecule has 0 amide bonds. The second-order valence-electron chi connectivity index (χ2n) is 6.07. The lowest BCUT2D eigenvalue weighted by atomic mass is 9.74. The van der Waals surface area contributed by atoms with Gasteiger partial charge in [0.1, 0.15) is 0 Å². The molecule has 0 saturated carbocycles. The number of halogens is 1. The first-order valence-corrected chi connectivity index (χ1v) is 8.26. The maximum Gasteiger partial charge on any atom is 0.0586 e. The normalized spacial score (nSPS) is 22.5. The van der Waals surface area contributed by atoms with Gasteiger partial charge in [0.2, 0.25) is 0 Å². The van der Waals surface area contributed by atoms with Crippen LogP contribution in [-0.4, -0.2) is 50.8 Å². The van der Waals surface area contributed by atoms with E-state index in [1.807, 2.05) is 0 Å². The Morgan fingerprint density at radius 1 is 1.30 bits per heavy atom. The minimum Gasteiger partial charge on any atom is -0.379 e. The quantitative estimate of drug-likeness (QED) is 0.911. The minimum atomic E-state index is 0.235. The summed E-state index contributed by atoms with van der Waals surface area (Å²) in [5, 5.41) is 3.42. The van der Waals surface area contributed by atoms with Gasteiger partial charge in [0.05, 0.1) is 13.2 Å². The van der Waals surface area contributed by atoms with Gasteiger partial charge in [0.15, 0.2) is 0 Å². The van der Waals surface area contributed by atoms with E-state index in [4.69, 9.17) is 4.74 Å². The molecule has 1 N–H and O–H groups in total. The summed E-state index contributed by atoms with van der Waals surface area (Å²) in [4.78, 5) is 2.57. The number of aryl methyl sites for hydroxylation is 1. The fourth-order valence-corrected chi connectivity index (χ4v) is 3.62. The number of ether oxygens (including phenoxy) is 1. The molecule has 2 heterocycles. The molecule has 2 saturated heterocycles. The zero-order valence-corrected chi connectivity index (χ0v) is 13.7. The van der Waals surface area contributed by atoms with Crippen LogP contribution in [0.2, 0.25) is 0 Å². The van der Waals surface area contributed by atoms with Crippen molar-refractivity contribution in [3.63, 3.8) is 0 Å². The fraction of sp³-hybridized carbons (Fsp3) is 0.625. The van der Waals surface area contributed by atoms with Gasteiger partial charge in [-0.15, -0.1) is 0 Å². The Kier molecular flexibility index (Phi) is 4.46. The van der Waals surface area contributed by atoms with Gasteiger partial charge in [-0.3, -0.25) is 0 Å². The molecule has 0 unspecified atom stereocenters. The van der Waals surface area contributed by atoms with Crippen molar-refractivity contribution in [1.29, 1.82) is 0 Å². The van der Waals surface area contributed by atoms with Crippen LogP contribution in [0.1, 0.15) is 17.5 Å². The summed E-state index contributed by atoms with van der Waals surface area (Å²) >= 11 is 3.61. The van der Waals surface area contributed by atoms with Crippen LogP contribution in [0.4, 0.5) is 0 Å². The Bertz CT molecular complexity index is 468. The number of rotatable bonds is 4. The van der Waals surface area contributed by atoms with Crippen molar-refractivity contribution in [1.82, 2.24) is 10.2 Å². The minimum absolute atomic E-state index is 0.235. The Labute approximate surface area is 129 Å². The number of piperazine rings is 1. The zero-order valence-electron chi connectivity index (χ0n) is 12.1. The van der Waals surface area contributed by atoms with E-state index in [2.05, 4.69) is 51.3 Å². The predicted octanol–water partition coefficient (Wildman–Crippen LogP) is 2.32. The van der Waals surface area contributed by atoms with E-state index in [9.17, 15) is 0 Å². The molecule has 2 aliphatic rings. The molecule has 0 aromatic heterocycles. The first-order valence-electron chi connectivity index (χ1n) is 7.47. The fourth-order valence-electron chi connectivity index (χ4n) is 3.26. The molecule has 0 atom stereocenters. The van der Waals surface area contributed by atoms with E-state index in [1.54, 1.807) is 0 Å². The summed E-state index contributed by atoms with van der Waals surface area (Å²) in [6.07, 6.45) is 1.20. The van der Waals surface area contributed by atoms with Crippen LogP contribution >= 0.6 is 15.9 Å². The number of nitrogens with zero attached hydrogens (tertiary/aromatic N) is 1. The largest absolute Gasteiger partial charge is 0.379 e. The van der Waals surface area contributed by atoms with Crippen LogP contribution in [0.3, 0.4) is 0 Å². The van der Waals surface area contributed by atoms with Gasteiger partial charge in [-0.25, -0.2) is 0 Å². The molecular formula is C16H23BrN2O. The van der Waals surface area contributed by atoms with Crippen molar-refractivity contribution < 1.29 is 4.74 Å². The number of hydrogen-bond acceptors (Lipinski definition) is 3. The summed E-state index contributed by atoms with van der Waals surface area (Å²) in [6.45, 7) is 9.73. The molecule has 20 heavy (non-hydrogen) atoms. The lowest BCUT2D eigenvalue weighted by molar-refractivity contribution is -0.0682. The molecule has 2 fully saturated rings. The standard InChI is InChI=1S/C16H23BrN2O/c1-13-2-3-14(17)10-15(13)16(11-20-12-16)4-7-19-8-5-18-6-9-19/h2-3,10,18H,4-9,11-12H2,1H3. The molecule has 0 aliphatic carbocycles. The molecule has 2 aliphatic heterocycles. The first kappa shape index (κ1) is 14.5. The predicted molar refractivity (Wildman–Crippen MR) is 85.3 cm³/mol. The van der Waals surface area contributed by atoms with E-state index < -0.39 is 0 Å². The highest BCUT2D eigenvalue weighted by Crippen LogP contribution is 2.38. The third kappa shape index (κ3) is 2.93. The van der Waals surface area contributed by atoms with Gasteiger partial charge in [-0.2, -0.15) is 0 Å². The summed E-state index contributed by atoms with van der Waals surface area (Å²) in [5.74, 6) is 0. The Hall–Kier alpha value is -0.420. The van der Waals surface area contributed by atoms with Gasteiger partial charge >= 0.3 is 0 Å². The van der Waals surface area contributed by atoms with Gasteiger partial charge < -0.3 is 15.0 Å². The molecule has 110 valence electrons. The topological polar surface area (TPSA) is 24.5 Å². The molecule has 0 bridgehead atoms. The molecule has 3 nitrogen and oxygen atoms in total. The lowest BCUT2D eigenvalue weighted by Crippen LogP contribution is -2.51. The van der Waals surface area contributed by atoms with Crippen molar-refractivity contribution >= 4 is 15.9 Å². The maximum absolute atomic E-state index is 5.58. The van der Waals surface area contributed by atoms with Gasteiger partial charge in [-0.1, -0.05) is 22.0 Å². The SMILES string of the molecule is Cc1ccc(Br)cc1C1(CCN2CCNCC2)COC1. The van der Waals surface area contributed by atoms with E-state index in [1.165, 1.54) is 41.7 Å². The number of hydrogen-bond donors (Lipinski definition) is 1. The monoisotopic (exact) mass is 338 g/mol. The highest BCUT2D eigenvalue weighted by atomic mass is 79.9. The number of benzene rings is 1. The summed E-state index contributed by atoms with van der Waals surface area (Å²) in [7, 11) is 0. The van der Waals surface area contributed by atoms with E-state index >= 15 is 0 Å². The second-order valence-corrected chi connectivity index (χ2v) is 6.99. The molecule has 3 rings (SSSR count). The lowest BCUT2D eigenvalue weighted by Gasteiger charge is -2.44. The average Bonchev–Trinajstić information content (AvgIpc) is 2.42. The van der Waals surface area contributed by atoms with Crippen LogP contribution in [0, 0.1) is 6.92 Å². The van der Waals surface area contributed by atoms with Crippen molar-refractivity contribution in [2.45, 2.75) is 18.8 Å². The molecular weight excluding hydrogens is 316 g/mol. The summed E-state index contributed by atoms with van der Waals surface area (Å²) in [5.41, 5.74) is 3.09. The van der Waals surface area contributed by atoms with Gasteiger partial charge in [-0.05, 0) is 43.1 Å². The van der Waals surface area contributed by atoms with Crippen molar-refractivity contribution in [2.75, 3.05) is 45.9 Å². The zero-order chi connectivity index (χ0) is 14.0. The van der Waals surface area contributed by atoms with Crippen LogP contribution in [0.25, 0.3) is 0 Å². The Morgan fingerprint density at radius 3 is 2.70 bits per heavy atom. The van der Waals surface area contributed by atoms with E-state index in [0.717, 1.165) is 26.3 Å². The Balaban J connectivity index is 1.72. The summed E-state index contributed by atoms with van der Waals surface area (Å²) < 4.78 is 6.75. The average molecular weight is 339 g/mol. The molecule has 1 aromatic carbocycles. The molecule has 4 heteroatoms. The summed E-state index contributed by atoms with van der Waals surface area (Å²) in [6, 6.07) is 6.63. The molecule has 0 spiro atoms. The van der Waals surface area contributed by atoms with Crippen molar-refractivity contribution in [3.8, 4) is 0 Å². The van der Waals surface area contributed by atoms with Crippen LogP contribution < -0.4 is 5.32 Å². The van der Waals surface area contributed by atoms with Crippen LogP contribution in [-0.2, 0) is 10.2 Å². The smallest absolute Gasteiger partial charge is 0.0586 e.